The number of nitrogens with one attached hydrogen (secondary N) is 1. The van der Waals surface area contributed by atoms with Gasteiger partial charge in [-0.05, 0) is 6.07 Å². The van der Waals surface area contributed by atoms with Gasteiger partial charge in [-0.1, -0.05) is 0 Å². The van der Waals surface area contributed by atoms with E-state index < -0.39 is 5.97 Å². The number of nitrogens with zero attached hydrogens (tertiary/aromatic N) is 2. The Labute approximate surface area is 118 Å². The second-order valence-electron chi connectivity index (χ2n) is 4.49. The monoisotopic (exact) mass is 280 g/mol. The van der Waals surface area contributed by atoms with Crippen LogP contribution in [0.25, 0.3) is 0 Å². The third kappa shape index (κ3) is 3.58. The molecular weight excluding hydrogens is 260 g/mol. The highest BCUT2D eigenvalue weighted by Gasteiger charge is 2.14. The molecule has 0 unspecified atom stereocenters. The lowest BCUT2D eigenvalue weighted by Gasteiger charge is -2.26. The van der Waals surface area contributed by atoms with Crippen LogP contribution in [-0.4, -0.2) is 62.4 Å². The van der Waals surface area contributed by atoms with Gasteiger partial charge in [-0.25, -0.2) is 9.78 Å². The molecule has 0 radical (unpaired) electrons. The van der Waals surface area contributed by atoms with Gasteiger partial charge in [-0.2, -0.15) is 0 Å². The molecule has 0 atom stereocenters. The van der Waals surface area contributed by atoms with Crippen LogP contribution in [0.2, 0.25) is 0 Å². The van der Waals surface area contributed by atoms with Gasteiger partial charge in [-0.15, -0.1) is 0 Å². The molecule has 2 heterocycles. The Balaban J connectivity index is 1.90. The number of carbonyl (C=O) groups is 1. The second kappa shape index (κ2) is 7.06. The molecule has 0 spiro atoms. The molecule has 1 aliphatic rings. The van der Waals surface area contributed by atoms with Crippen molar-refractivity contribution < 1.29 is 14.3 Å². The number of rotatable bonds is 5. The number of esters is 1. The lowest BCUT2D eigenvalue weighted by atomic mass is 10.2. The number of anilines is 2. The highest BCUT2D eigenvalue weighted by Crippen LogP contribution is 2.20. The molecule has 0 aliphatic carbocycles. The number of nitrogen functional groups attached to an aromatic ring is 1. The summed E-state index contributed by atoms with van der Waals surface area (Å²) in [5, 5.41) is 3.15. The van der Waals surface area contributed by atoms with Crippen LogP contribution in [0.15, 0.2) is 12.3 Å². The van der Waals surface area contributed by atoms with Gasteiger partial charge in [0, 0.05) is 32.4 Å². The fourth-order valence-corrected chi connectivity index (χ4v) is 2.06. The van der Waals surface area contributed by atoms with E-state index in [1.807, 2.05) is 0 Å². The summed E-state index contributed by atoms with van der Waals surface area (Å²) in [4.78, 5) is 18.0. The van der Waals surface area contributed by atoms with Crippen LogP contribution < -0.4 is 11.1 Å². The maximum absolute atomic E-state index is 11.5. The smallest absolute Gasteiger partial charge is 0.340 e. The summed E-state index contributed by atoms with van der Waals surface area (Å²) in [7, 11) is 1.33. The van der Waals surface area contributed by atoms with Crippen LogP contribution in [0.5, 0.6) is 0 Å². The summed E-state index contributed by atoms with van der Waals surface area (Å²) in [6, 6.07) is 1.55. The number of carbonyl (C=O) groups excluding carboxylic acids is 1. The second-order valence-corrected chi connectivity index (χ2v) is 4.49. The van der Waals surface area contributed by atoms with E-state index >= 15 is 0 Å². The normalized spacial score (nSPS) is 15.8. The van der Waals surface area contributed by atoms with Crippen LogP contribution >= 0.6 is 0 Å². The first-order valence-corrected chi connectivity index (χ1v) is 6.59. The van der Waals surface area contributed by atoms with E-state index in [4.69, 9.17) is 10.5 Å². The number of hydrogen-bond acceptors (Lipinski definition) is 7. The van der Waals surface area contributed by atoms with Crippen molar-refractivity contribution in [1.82, 2.24) is 9.88 Å². The molecule has 110 valence electrons. The predicted octanol–water partition coefficient (Wildman–Crippen LogP) is 0.195. The fourth-order valence-electron chi connectivity index (χ4n) is 2.06. The minimum Gasteiger partial charge on any atom is -0.465 e. The molecular formula is C13H20N4O3. The zero-order valence-corrected chi connectivity index (χ0v) is 11.6. The molecule has 1 aliphatic heterocycles. The summed E-state index contributed by atoms with van der Waals surface area (Å²) >= 11 is 0. The number of methoxy groups -OCH3 is 1. The van der Waals surface area contributed by atoms with Crippen molar-refractivity contribution >= 4 is 17.5 Å². The van der Waals surface area contributed by atoms with E-state index in [9.17, 15) is 4.79 Å². The summed E-state index contributed by atoms with van der Waals surface area (Å²) in [5.74, 6) is 0.0577. The van der Waals surface area contributed by atoms with E-state index in [0.717, 1.165) is 32.8 Å². The molecule has 0 amide bonds. The molecule has 0 saturated carbocycles. The quantitative estimate of drug-likeness (QED) is 0.744. The molecule has 0 bridgehead atoms. The Morgan fingerprint density at radius 1 is 1.55 bits per heavy atom. The van der Waals surface area contributed by atoms with Gasteiger partial charge in [0.2, 0.25) is 0 Å². The van der Waals surface area contributed by atoms with Crippen molar-refractivity contribution in [3.8, 4) is 0 Å². The molecule has 2 rings (SSSR count). The molecule has 1 saturated heterocycles. The van der Waals surface area contributed by atoms with Gasteiger partial charge < -0.3 is 20.5 Å². The number of morpholine rings is 1. The van der Waals surface area contributed by atoms with Gasteiger partial charge in [0.1, 0.15) is 5.82 Å². The van der Waals surface area contributed by atoms with Crippen LogP contribution in [0.1, 0.15) is 10.4 Å². The molecule has 1 aromatic rings. The van der Waals surface area contributed by atoms with Crippen molar-refractivity contribution in [2.75, 3.05) is 57.6 Å². The van der Waals surface area contributed by atoms with Crippen molar-refractivity contribution in [1.29, 1.82) is 0 Å². The van der Waals surface area contributed by atoms with Crippen LogP contribution in [0.4, 0.5) is 11.5 Å². The van der Waals surface area contributed by atoms with Crippen LogP contribution in [0.3, 0.4) is 0 Å². The SMILES string of the molecule is COC(=O)c1ccnc(NCCN2CCOCC2)c1N. The van der Waals surface area contributed by atoms with Gasteiger partial charge >= 0.3 is 5.97 Å². The summed E-state index contributed by atoms with van der Waals surface area (Å²) in [5.41, 5.74) is 6.57. The van der Waals surface area contributed by atoms with Crippen LogP contribution in [-0.2, 0) is 9.47 Å². The number of hydrogen-bond donors (Lipinski definition) is 2. The van der Waals surface area contributed by atoms with Gasteiger partial charge in [-0.3, -0.25) is 4.90 Å². The highest BCUT2D eigenvalue weighted by atomic mass is 16.5. The third-order valence-corrected chi connectivity index (χ3v) is 3.22. The number of pyridine rings is 1. The first-order chi connectivity index (χ1) is 9.72. The van der Waals surface area contributed by atoms with E-state index in [1.54, 1.807) is 12.3 Å². The Kier molecular flexibility index (Phi) is 5.14. The minimum absolute atomic E-state index is 0.321. The Hall–Kier alpha value is -1.86. The van der Waals surface area contributed by atoms with Crippen molar-refractivity contribution in [3.05, 3.63) is 17.8 Å². The van der Waals surface area contributed by atoms with Crippen molar-refractivity contribution in [2.24, 2.45) is 0 Å². The number of ether oxygens (including phenoxy) is 2. The molecule has 7 nitrogen and oxygen atoms in total. The zero-order valence-electron chi connectivity index (χ0n) is 11.6. The summed E-state index contributed by atoms with van der Waals surface area (Å²) in [6.07, 6.45) is 1.54. The maximum Gasteiger partial charge on any atom is 0.340 e. The van der Waals surface area contributed by atoms with Crippen LogP contribution in [0, 0.1) is 0 Å². The standard InChI is InChI=1S/C13H20N4O3/c1-19-13(18)10-2-3-15-12(11(10)14)16-4-5-17-6-8-20-9-7-17/h2-3H,4-9,14H2,1H3,(H,15,16). The summed E-state index contributed by atoms with van der Waals surface area (Å²) < 4.78 is 9.97. The van der Waals surface area contributed by atoms with Gasteiger partial charge in [0.05, 0.1) is 31.6 Å². The number of nitrogens with two attached hydrogens (primary N) is 1. The van der Waals surface area contributed by atoms with E-state index in [2.05, 4.69) is 19.9 Å². The van der Waals surface area contributed by atoms with Crippen molar-refractivity contribution in [2.45, 2.75) is 0 Å². The topological polar surface area (TPSA) is 89.7 Å². The summed E-state index contributed by atoms with van der Waals surface area (Å²) in [6.45, 7) is 5.02. The molecule has 20 heavy (non-hydrogen) atoms. The molecule has 0 aromatic carbocycles. The van der Waals surface area contributed by atoms with E-state index in [-0.39, 0.29) is 0 Å². The maximum atomic E-state index is 11.5. The highest BCUT2D eigenvalue weighted by molar-refractivity contribution is 5.97. The number of aromatic nitrogens is 1. The van der Waals surface area contributed by atoms with Crippen molar-refractivity contribution in [3.63, 3.8) is 0 Å². The average Bonchev–Trinajstić information content (AvgIpc) is 2.49. The van der Waals surface area contributed by atoms with E-state index in [0.29, 0.717) is 23.6 Å². The Morgan fingerprint density at radius 2 is 2.30 bits per heavy atom. The molecule has 3 N–H and O–H groups in total. The lowest BCUT2D eigenvalue weighted by molar-refractivity contribution is 0.0398. The zero-order chi connectivity index (χ0) is 14.4. The average molecular weight is 280 g/mol. The van der Waals surface area contributed by atoms with Gasteiger partial charge in [0.15, 0.2) is 0 Å². The molecule has 1 aromatic heterocycles. The first kappa shape index (κ1) is 14.5. The molecule has 7 heteroatoms. The molecule has 1 fully saturated rings. The third-order valence-electron chi connectivity index (χ3n) is 3.22. The van der Waals surface area contributed by atoms with E-state index in [1.165, 1.54) is 7.11 Å². The lowest BCUT2D eigenvalue weighted by Crippen LogP contribution is -2.39. The largest absolute Gasteiger partial charge is 0.465 e. The van der Waals surface area contributed by atoms with Gasteiger partial charge in [0.25, 0.3) is 0 Å². The minimum atomic E-state index is -0.457. The predicted molar refractivity (Wildman–Crippen MR) is 75.7 cm³/mol. The fraction of sp³-hybridized carbons (Fsp3) is 0.538. The Morgan fingerprint density at radius 3 is 3.00 bits per heavy atom. The Bertz CT molecular complexity index is 461. The first-order valence-electron chi connectivity index (χ1n) is 6.59.